The standard InChI is InChI=1S/C14H19O3Si2/c1-7-8(2)10(13(15)16)12(19-17-18)11(9(7)3)14(4,5)6/h1-6H3,(H,15,16). The van der Waals surface area contributed by atoms with Crippen molar-refractivity contribution in [2.24, 2.45) is 0 Å². The van der Waals surface area contributed by atoms with Crippen LogP contribution in [0.5, 0.6) is 0 Å². The van der Waals surface area contributed by atoms with E-state index in [-0.39, 0.29) is 15.2 Å². The lowest BCUT2D eigenvalue weighted by Crippen LogP contribution is -2.36. The molecule has 0 aromatic heterocycles. The molecule has 0 bridgehead atoms. The Kier molecular flexibility index (Phi) is 4.76. The van der Waals surface area contributed by atoms with E-state index in [1.807, 2.05) is 13.8 Å². The van der Waals surface area contributed by atoms with Crippen molar-refractivity contribution < 1.29 is 14.0 Å². The number of hydrogen-bond donors (Lipinski definition) is 1. The molecule has 1 N–H and O–H groups in total. The fourth-order valence-corrected chi connectivity index (χ4v) is 3.98. The van der Waals surface area contributed by atoms with E-state index in [0.717, 1.165) is 27.4 Å². The van der Waals surface area contributed by atoms with Gasteiger partial charge in [-0.05, 0) is 53.6 Å². The molecule has 0 spiro atoms. The van der Waals surface area contributed by atoms with Gasteiger partial charge in [-0.3, -0.25) is 0 Å². The largest absolute Gasteiger partial charge is 0.478 e. The summed E-state index contributed by atoms with van der Waals surface area (Å²) in [4.78, 5) is 11.6. The number of aromatic carboxylic acids is 1. The summed E-state index contributed by atoms with van der Waals surface area (Å²) in [5, 5.41) is 10.3. The van der Waals surface area contributed by atoms with E-state index in [1.165, 1.54) is 0 Å². The fourth-order valence-electron chi connectivity index (χ4n) is 2.51. The van der Waals surface area contributed by atoms with E-state index in [0.29, 0.717) is 5.56 Å². The first-order chi connectivity index (χ1) is 8.62. The van der Waals surface area contributed by atoms with E-state index in [1.54, 1.807) is 0 Å². The molecule has 3 nitrogen and oxygen atoms in total. The lowest BCUT2D eigenvalue weighted by atomic mass is 9.80. The van der Waals surface area contributed by atoms with Crippen molar-refractivity contribution in [2.45, 2.75) is 47.0 Å². The average Bonchev–Trinajstić information content (AvgIpc) is 2.24. The summed E-state index contributed by atoms with van der Waals surface area (Å²) in [5.74, 6) is -0.891. The maximum absolute atomic E-state index is 11.6. The predicted molar refractivity (Wildman–Crippen MR) is 78.5 cm³/mol. The Labute approximate surface area is 120 Å². The summed E-state index contributed by atoms with van der Waals surface area (Å²) >= 11 is 0. The smallest absolute Gasteiger partial charge is 0.335 e. The number of rotatable bonds is 3. The molecule has 0 unspecified atom stereocenters. The van der Waals surface area contributed by atoms with Crippen LogP contribution in [0.15, 0.2) is 0 Å². The first kappa shape index (κ1) is 16.1. The third-order valence-electron chi connectivity index (χ3n) is 3.49. The molecule has 5 radical (unpaired) electrons. The lowest BCUT2D eigenvalue weighted by Gasteiger charge is -2.29. The quantitative estimate of drug-likeness (QED) is 0.866. The molecular weight excluding hydrogens is 272 g/mol. The van der Waals surface area contributed by atoms with Gasteiger partial charge >= 0.3 is 5.97 Å². The van der Waals surface area contributed by atoms with Crippen molar-refractivity contribution in [1.82, 2.24) is 0 Å². The Bertz CT molecular complexity index is 517. The molecule has 0 saturated carbocycles. The van der Waals surface area contributed by atoms with Crippen LogP contribution < -0.4 is 5.19 Å². The zero-order valence-electron chi connectivity index (χ0n) is 12.3. The van der Waals surface area contributed by atoms with E-state index >= 15 is 0 Å². The summed E-state index contributed by atoms with van der Waals surface area (Å²) in [7, 11) is 2.98. The topological polar surface area (TPSA) is 46.5 Å². The van der Waals surface area contributed by atoms with Gasteiger partial charge < -0.3 is 9.22 Å². The van der Waals surface area contributed by atoms with E-state index in [9.17, 15) is 9.90 Å². The summed E-state index contributed by atoms with van der Waals surface area (Å²) in [5.41, 5.74) is 4.35. The van der Waals surface area contributed by atoms with Crippen LogP contribution >= 0.6 is 0 Å². The molecule has 0 atom stereocenters. The van der Waals surface area contributed by atoms with Gasteiger partial charge in [0.25, 0.3) is 9.76 Å². The van der Waals surface area contributed by atoms with Crippen LogP contribution in [-0.4, -0.2) is 31.3 Å². The van der Waals surface area contributed by atoms with Crippen LogP contribution in [0.4, 0.5) is 0 Å². The van der Waals surface area contributed by atoms with Crippen molar-refractivity contribution in [3.63, 3.8) is 0 Å². The molecule has 1 aromatic rings. The molecule has 1 rings (SSSR count). The Morgan fingerprint density at radius 1 is 1.16 bits per heavy atom. The minimum atomic E-state index is -0.891. The van der Waals surface area contributed by atoms with Gasteiger partial charge in [0.05, 0.1) is 5.56 Å². The molecule has 0 saturated heterocycles. The molecule has 0 aliphatic carbocycles. The predicted octanol–water partition coefficient (Wildman–Crippen LogP) is 1.95. The number of carbonyl (C=O) groups is 1. The second-order valence-corrected chi connectivity index (χ2v) is 7.28. The zero-order chi connectivity index (χ0) is 15.0. The minimum Gasteiger partial charge on any atom is -0.478 e. The van der Waals surface area contributed by atoms with Crippen LogP contribution in [0.1, 0.15) is 53.4 Å². The Hall–Kier alpha value is -0.916. The maximum atomic E-state index is 11.6. The number of carboxylic acids is 1. The second-order valence-electron chi connectivity index (χ2n) is 5.76. The fraction of sp³-hybridized carbons (Fsp3) is 0.500. The van der Waals surface area contributed by atoms with E-state index < -0.39 is 5.97 Å². The summed E-state index contributed by atoms with van der Waals surface area (Å²) in [6.45, 7) is 12.2. The molecule has 0 heterocycles. The number of hydrogen-bond acceptors (Lipinski definition) is 2. The second kappa shape index (κ2) is 5.60. The van der Waals surface area contributed by atoms with Crippen LogP contribution in [0, 0.1) is 20.8 Å². The third-order valence-corrected chi connectivity index (χ3v) is 4.60. The Balaban J connectivity index is 3.84. The number of carboxylic acid groups (broad SMARTS) is 1. The highest BCUT2D eigenvalue weighted by molar-refractivity contribution is 6.53. The average molecular weight is 291 g/mol. The van der Waals surface area contributed by atoms with Crippen molar-refractivity contribution >= 4 is 31.4 Å². The maximum Gasteiger partial charge on any atom is 0.335 e. The molecule has 101 valence electrons. The van der Waals surface area contributed by atoms with Crippen LogP contribution in [0.2, 0.25) is 0 Å². The molecule has 1 aromatic carbocycles. The summed E-state index contributed by atoms with van der Waals surface area (Å²) in [6, 6.07) is 0. The molecular formula is C14H19O3Si2. The van der Waals surface area contributed by atoms with Gasteiger partial charge in [0.2, 0.25) is 10.5 Å². The minimum absolute atomic E-state index is 0.0270. The van der Waals surface area contributed by atoms with E-state index in [4.69, 9.17) is 4.12 Å². The molecule has 5 heteroatoms. The number of benzene rings is 1. The molecule has 0 amide bonds. The van der Waals surface area contributed by atoms with Gasteiger partial charge in [-0.1, -0.05) is 20.8 Å². The van der Waals surface area contributed by atoms with Crippen molar-refractivity contribution in [3.05, 3.63) is 27.8 Å². The zero-order valence-corrected chi connectivity index (χ0v) is 14.3. The third kappa shape index (κ3) is 2.99. The molecule has 0 aliphatic heterocycles. The van der Waals surface area contributed by atoms with Crippen molar-refractivity contribution in [1.29, 1.82) is 0 Å². The first-order valence-corrected chi connectivity index (χ1v) is 7.40. The van der Waals surface area contributed by atoms with Crippen LogP contribution in [0.3, 0.4) is 0 Å². The molecule has 19 heavy (non-hydrogen) atoms. The van der Waals surface area contributed by atoms with Gasteiger partial charge in [0, 0.05) is 0 Å². The monoisotopic (exact) mass is 291 g/mol. The first-order valence-electron chi connectivity index (χ1n) is 6.09. The van der Waals surface area contributed by atoms with Gasteiger partial charge in [-0.25, -0.2) is 4.79 Å². The van der Waals surface area contributed by atoms with Gasteiger partial charge in [0.15, 0.2) is 0 Å². The van der Waals surface area contributed by atoms with Crippen molar-refractivity contribution in [3.8, 4) is 0 Å². The molecule has 0 fully saturated rings. The Morgan fingerprint density at radius 3 is 2.05 bits per heavy atom. The normalized spacial score (nSPS) is 11.7. The highest BCUT2D eigenvalue weighted by Crippen LogP contribution is 2.29. The summed E-state index contributed by atoms with van der Waals surface area (Å²) < 4.78 is 5.07. The highest BCUT2D eigenvalue weighted by Gasteiger charge is 2.28. The van der Waals surface area contributed by atoms with Crippen LogP contribution in [0.25, 0.3) is 0 Å². The van der Waals surface area contributed by atoms with E-state index in [2.05, 4.69) is 38.2 Å². The van der Waals surface area contributed by atoms with Gasteiger partial charge in [0.1, 0.15) is 0 Å². The molecule has 0 aliphatic rings. The Morgan fingerprint density at radius 2 is 1.68 bits per heavy atom. The van der Waals surface area contributed by atoms with Gasteiger partial charge in [-0.2, -0.15) is 0 Å². The highest BCUT2D eigenvalue weighted by atomic mass is 28.3. The van der Waals surface area contributed by atoms with Gasteiger partial charge in [-0.15, -0.1) is 0 Å². The lowest BCUT2D eigenvalue weighted by molar-refractivity contribution is 0.0697. The van der Waals surface area contributed by atoms with Crippen molar-refractivity contribution in [2.75, 3.05) is 0 Å². The summed E-state index contributed by atoms with van der Waals surface area (Å²) in [6.07, 6.45) is 0. The SMILES string of the molecule is Cc1c(C)c(C(=O)O)c([Si]O[Si])c(C(C)(C)C)c1C. The van der Waals surface area contributed by atoms with Crippen LogP contribution in [-0.2, 0) is 9.53 Å².